The van der Waals surface area contributed by atoms with E-state index >= 15 is 0 Å². The molecule has 0 saturated carbocycles. The molecule has 0 amide bonds. The van der Waals surface area contributed by atoms with Crippen LogP contribution in [-0.4, -0.2) is 12.3 Å². The predicted molar refractivity (Wildman–Crippen MR) is 68.0 cm³/mol. The fraction of sp³-hybridized carbons (Fsp3) is 0.417. The van der Waals surface area contributed by atoms with Crippen molar-refractivity contribution in [2.45, 2.75) is 19.8 Å². The third kappa shape index (κ3) is 3.48. The third-order valence-electron chi connectivity index (χ3n) is 2.61. The molecule has 0 saturated heterocycles. The highest BCUT2D eigenvalue weighted by atomic mass is 35.5. The van der Waals surface area contributed by atoms with E-state index in [0.29, 0.717) is 23.0 Å². The molecule has 0 bridgehead atoms. The molecule has 0 aliphatic heterocycles. The summed E-state index contributed by atoms with van der Waals surface area (Å²) in [6.07, 6.45) is 1.06. The van der Waals surface area contributed by atoms with E-state index in [9.17, 15) is 4.79 Å². The van der Waals surface area contributed by atoms with Crippen LogP contribution in [-0.2, 0) is 11.2 Å². The number of Topliss-reactive ketones (excluding diaryl/α,β-unsaturated/α-hetero) is 1. The quantitative estimate of drug-likeness (QED) is 0.884. The molecular weight excluding hydrogens is 245 g/mol. The van der Waals surface area contributed by atoms with E-state index in [1.165, 1.54) is 0 Å². The first-order valence-electron chi connectivity index (χ1n) is 5.25. The highest BCUT2D eigenvalue weighted by Gasteiger charge is 2.16. The van der Waals surface area contributed by atoms with Crippen molar-refractivity contribution in [3.05, 3.63) is 33.8 Å². The zero-order chi connectivity index (χ0) is 12.1. The topological polar surface area (TPSA) is 43.1 Å². The first-order valence-corrected chi connectivity index (χ1v) is 6.00. The van der Waals surface area contributed by atoms with E-state index in [2.05, 4.69) is 0 Å². The Morgan fingerprint density at radius 2 is 2.12 bits per heavy atom. The Morgan fingerprint density at radius 3 is 2.69 bits per heavy atom. The van der Waals surface area contributed by atoms with Gasteiger partial charge in [-0.3, -0.25) is 4.79 Å². The molecule has 1 atom stereocenters. The molecule has 1 rings (SSSR count). The van der Waals surface area contributed by atoms with Gasteiger partial charge in [0.25, 0.3) is 0 Å². The lowest BCUT2D eigenvalue weighted by Gasteiger charge is -2.11. The van der Waals surface area contributed by atoms with Crippen LogP contribution in [0.5, 0.6) is 0 Å². The maximum absolute atomic E-state index is 11.9. The van der Waals surface area contributed by atoms with E-state index < -0.39 is 0 Å². The van der Waals surface area contributed by atoms with Gasteiger partial charge < -0.3 is 5.73 Å². The second-order valence-electron chi connectivity index (χ2n) is 3.72. The summed E-state index contributed by atoms with van der Waals surface area (Å²) in [4.78, 5) is 11.9. The molecular formula is C12H15Cl2NO. The lowest BCUT2D eigenvalue weighted by atomic mass is 9.96. The molecule has 1 aromatic rings. The van der Waals surface area contributed by atoms with Crippen molar-refractivity contribution in [1.82, 2.24) is 0 Å². The lowest BCUT2D eigenvalue weighted by Crippen LogP contribution is -2.24. The van der Waals surface area contributed by atoms with Crippen LogP contribution in [0.4, 0.5) is 0 Å². The minimum Gasteiger partial charge on any atom is -0.330 e. The molecule has 0 spiro atoms. The fourth-order valence-electron chi connectivity index (χ4n) is 1.54. The van der Waals surface area contributed by atoms with Crippen molar-refractivity contribution in [2.24, 2.45) is 11.7 Å². The van der Waals surface area contributed by atoms with Gasteiger partial charge in [0.15, 0.2) is 0 Å². The van der Waals surface area contributed by atoms with Gasteiger partial charge in [0.2, 0.25) is 0 Å². The van der Waals surface area contributed by atoms with Gasteiger partial charge in [0, 0.05) is 28.9 Å². The summed E-state index contributed by atoms with van der Waals surface area (Å²) >= 11 is 11.8. The van der Waals surface area contributed by atoms with Gasteiger partial charge in [-0.15, -0.1) is 0 Å². The first kappa shape index (κ1) is 13.5. The number of carbonyl (C=O) groups excluding carboxylic acids is 1. The number of benzene rings is 1. The summed E-state index contributed by atoms with van der Waals surface area (Å²) in [5.74, 6) is 0.0317. The molecule has 0 fully saturated rings. The van der Waals surface area contributed by atoms with Crippen LogP contribution in [0.3, 0.4) is 0 Å². The number of hydrogen-bond acceptors (Lipinski definition) is 2. The summed E-state index contributed by atoms with van der Waals surface area (Å²) in [5.41, 5.74) is 6.30. The normalized spacial score (nSPS) is 12.5. The van der Waals surface area contributed by atoms with Crippen LogP contribution in [0.15, 0.2) is 18.2 Å². The van der Waals surface area contributed by atoms with E-state index in [4.69, 9.17) is 28.9 Å². The predicted octanol–water partition coefficient (Wildman–Crippen LogP) is 3.09. The average Bonchev–Trinajstić information content (AvgIpc) is 2.25. The number of rotatable bonds is 5. The van der Waals surface area contributed by atoms with Gasteiger partial charge in [-0.25, -0.2) is 0 Å². The van der Waals surface area contributed by atoms with E-state index in [-0.39, 0.29) is 11.7 Å². The van der Waals surface area contributed by atoms with Crippen molar-refractivity contribution < 1.29 is 4.79 Å². The van der Waals surface area contributed by atoms with Gasteiger partial charge in [-0.2, -0.15) is 0 Å². The summed E-state index contributed by atoms with van der Waals surface area (Å²) in [5, 5.41) is 1.16. The minimum atomic E-state index is -0.0879. The van der Waals surface area contributed by atoms with Crippen molar-refractivity contribution in [1.29, 1.82) is 0 Å². The molecule has 1 unspecified atom stereocenters. The standard InChI is InChI=1S/C12H15Cl2NO/c1-2-8(7-15)12(16)6-9-5-10(13)3-4-11(9)14/h3-5,8H,2,6-7,15H2,1H3. The van der Waals surface area contributed by atoms with E-state index in [1.54, 1.807) is 18.2 Å². The molecule has 0 aliphatic rings. The zero-order valence-electron chi connectivity index (χ0n) is 9.17. The number of hydrogen-bond donors (Lipinski definition) is 1. The Hall–Kier alpha value is -0.570. The second kappa shape index (κ2) is 6.24. The second-order valence-corrected chi connectivity index (χ2v) is 4.56. The Bertz CT molecular complexity index is 375. The number of carbonyl (C=O) groups is 1. The largest absolute Gasteiger partial charge is 0.330 e. The van der Waals surface area contributed by atoms with Crippen molar-refractivity contribution in [3.8, 4) is 0 Å². The Kier molecular flexibility index (Phi) is 5.26. The van der Waals surface area contributed by atoms with Crippen molar-refractivity contribution in [2.75, 3.05) is 6.54 Å². The SMILES string of the molecule is CCC(CN)C(=O)Cc1cc(Cl)ccc1Cl. The van der Waals surface area contributed by atoms with Crippen LogP contribution >= 0.6 is 23.2 Å². The summed E-state index contributed by atoms with van der Waals surface area (Å²) in [6, 6.07) is 5.14. The summed E-state index contributed by atoms with van der Waals surface area (Å²) in [6.45, 7) is 2.34. The molecule has 2 N–H and O–H groups in total. The third-order valence-corrected chi connectivity index (χ3v) is 3.21. The summed E-state index contributed by atoms with van der Waals surface area (Å²) < 4.78 is 0. The Morgan fingerprint density at radius 1 is 1.44 bits per heavy atom. The number of ketones is 1. The Labute approximate surface area is 106 Å². The molecule has 2 nitrogen and oxygen atoms in total. The molecule has 0 aromatic heterocycles. The summed E-state index contributed by atoms with van der Waals surface area (Å²) in [7, 11) is 0. The van der Waals surface area contributed by atoms with Crippen LogP contribution in [0.2, 0.25) is 10.0 Å². The van der Waals surface area contributed by atoms with E-state index in [0.717, 1.165) is 12.0 Å². The van der Waals surface area contributed by atoms with E-state index in [1.807, 2.05) is 6.92 Å². The zero-order valence-corrected chi connectivity index (χ0v) is 10.7. The van der Waals surface area contributed by atoms with Crippen LogP contribution in [0, 0.1) is 5.92 Å². The molecule has 16 heavy (non-hydrogen) atoms. The number of nitrogens with two attached hydrogens (primary N) is 1. The molecule has 4 heteroatoms. The Balaban J connectivity index is 2.80. The fourth-order valence-corrected chi connectivity index (χ4v) is 1.92. The van der Waals surface area contributed by atoms with Crippen molar-refractivity contribution >= 4 is 29.0 Å². The number of halogens is 2. The smallest absolute Gasteiger partial charge is 0.141 e. The average molecular weight is 260 g/mol. The van der Waals surface area contributed by atoms with Crippen molar-refractivity contribution in [3.63, 3.8) is 0 Å². The van der Waals surface area contributed by atoms with Crippen LogP contribution < -0.4 is 5.73 Å². The molecule has 0 aliphatic carbocycles. The first-order chi connectivity index (χ1) is 7.58. The minimum absolute atomic E-state index is 0.0879. The monoisotopic (exact) mass is 259 g/mol. The van der Waals surface area contributed by atoms with Crippen LogP contribution in [0.25, 0.3) is 0 Å². The van der Waals surface area contributed by atoms with Crippen LogP contribution in [0.1, 0.15) is 18.9 Å². The van der Waals surface area contributed by atoms with Gasteiger partial charge in [-0.05, 0) is 30.2 Å². The van der Waals surface area contributed by atoms with Gasteiger partial charge in [0.05, 0.1) is 0 Å². The molecule has 1 aromatic carbocycles. The lowest BCUT2D eigenvalue weighted by molar-refractivity contribution is -0.122. The van der Waals surface area contributed by atoms with Gasteiger partial charge >= 0.3 is 0 Å². The molecule has 88 valence electrons. The molecule has 0 radical (unpaired) electrons. The van der Waals surface area contributed by atoms with Gasteiger partial charge in [-0.1, -0.05) is 30.1 Å². The highest BCUT2D eigenvalue weighted by Crippen LogP contribution is 2.22. The maximum Gasteiger partial charge on any atom is 0.141 e. The molecule has 0 heterocycles. The maximum atomic E-state index is 11.9. The van der Waals surface area contributed by atoms with Gasteiger partial charge in [0.1, 0.15) is 5.78 Å². The highest BCUT2D eigenvalue weighted by molar-refractivity contribution is 6.33.